The predicted molar refractivity (Wildman–Crippen MR) is 73.9 cm³/mol. The van der Waals surface area contributed by atoms with Gasteiger partial charge in [-0.2, -0.15) is 0 Å². The Labute approximate surface area is 116 Å². The van der Waals surface area contributed by atoms with Gasteiger partial charge >= 0.3 is 0 Å². The first kappa shape index (κ1) is 14.0. The van der Waals surface area contributed by atoms with Gasteiger partial charge in [0.05, 0.1) is 23.2 Å². The standard InChI is InChI=1S/C12H16ClN3O3/c13-10-2-1-3-11(16(17)18)12(10)14-4-5-15-6-8-19-9-7-15/h1-3,14H,4-9H2. The van der Waals surface area contributed by atoms with E-state index >= 15 is 0 Å². The van der Waals surface area contributed by atoms with Crippen molar-refractivity contribution in [3.05, 3.63) is 33.3 Å². The molecule has 104 valence electrons. The molecule has 1 aliphatic heterocycles. The number of ether oxygens (including phenoxy) is 1. The maximum absolute atomic E-state index is 10.9. The molecule has 6 nitrogen and oxygen atoms in total. The van der Waals surface area contributed by atoms with Crippen molar-refractivity contribution < 1.29 is 9.66 Å². The fourth-order valence-corrected chi connectivity index (χ4v) is 2.24. The Hall–Kier alpha value is -1.37. The lowest BCUT2D eigenvalue weighted by atomic mass is 10.2. The first-order valence-electron chi connectivity index (χ1n) is 6.15. The van der Waals surface area contributed by atoms with E-state index < -0.39 is 4.92 Å². The summed E-state index contributed by atoms with van der Waals surface area (Å²) in [6.07, 6.45) is 0. The van der Waals surface area contributed by atoms with Crippen LogP contribution in [0.15, 0.2) is 18.2 Å². The summed E-state index contributed by atoms with van der Waals surface area (Å²) in [5.41, 5.74) is 0.400. The first-order chi connectivity index (χ1) is 9.18. The number of morpholine rings is 1. The number of benzene rings is 1. The molecule has 2 rings (SSSR count). The largest absolute Gasteiger partial charge is 0.379 e. The molecule has 7 heteroatoms. The Morgan fingerprint density at radius 1 is 1.42 bits per heavy atom. The van der Waals surface area contributed by atoms with Crippen LogP contribution in [0, 0.1) is 10.1 Å². The third-order valence-corrected chi connectivity index (χ3v) is 3.34. The van der Waals surface area contributed by atoms with Crippen LogP contribution in [-0.4, -0.2) is 49.2 Å². The van der Waals surface area contributed by atoms with Gasteiger partial charge in [0.2, 0.25) is 0 Å². The quantitative estimate of drug-likeness (QED) is 0.662. The number of nitro benzene ring substituents is 1. The number of para-hydroxylation sites is 1. The molecule has 0 unspecified atom stereocenters. The maximum atomic E-state index is 10.9. The zero-order chi connectivity index (χ0) is 13.7. The van der Waals surface area contributed by atoms with Crippen molar-refractivity contribution >= 4 is 23.0 Å². The third-order valence-electron chi connectivity index (χ3n) is 3.02. The van der Waals surface area contributed by atoms with Gasteiger partial charge in [-0.3, -0.25) is 15.0 Å². The maximum Gasteiger partial charge on any atom is 0.293 e. The normalized spacial score (nSPS) is 16.3. The Morgan fingerprint density at radius 2 is 2.16 bits per heavy atom. The number of halogens is 1. The molecule has 0 spiro atoms. The Balaban J connectivity index is 1.93. The van der Waals surface area contributed by atoms with Crippen molar-refractivity contribution in [2.24, 2.45) is 0 Å². The SMILES string of the molecule is O=[N+]([O-])c1cccc(Cl)c1NCCN1CCOCC1. The van der Waals surface area contributed by atoms with Crippen LogP contribution in [0.4, 0.5) is 11.4 Å². The topological polar surface area (TPSA) is 67.6 Å². The van der Waals surface area contributed by atoms with E-state index in [1.165, 1.54) is 6.07 Å². The fourth-order valence-electron chi connectivity index (χ4n) is 2.00. The number of hydrogen-bond donors (Lipinski definition) is 1. The van der Waals surface area contributed by atoms with Crippen LogP contribution in [0.2, 0.25) is 5.02 Å². The highest BCUT2D eigenvalue weighted by Crippen LogP contribution is 2.31. The molecule has 1 heterocycles. The number of nitrogens with zero attached hydrogens (tertiary/aromatic N) is 2. The van der Waals surface area contributed by atoms with Gasteiger partial charge in [0.15, 0.2) is 0 Å². The zero-order valence-electron chi connectivity index (χ0n) is 10.5. The van der Waals surface area contributed by atoms with E-state index in [0.717, 1.165) is 32.8 Å². The van der Waals surface area contributed by atoms with Crippen LogP contribution in [0.3, 0.4) is 0 Å². The minimum absolute atomic E-state index is 0.00878. The molecule has 0 aliphatic carbocycles. The van der Waals surface area contributed by atoms with Gasteiger partial charge < -0.3 is 10.1 Å². The Morgan fingerprint density at radius 3 is 2.84 bits per heavy atom. The van der Waals surface area contributed by atoms with E-state index in [9.17, 15) is 10.1 Å². The van der Waals surface area contributed by atoms with Crippen molar-refractivity contribution in [1.29, 1.82) is 0 Å². The first-order valence-corrected chi connectivity index (χ1v) is 6.53. The summed E-state index contributed by atoms with van der Waals surface area (Å²) in [6, 6.07) is 4.67. The third kappa shape index (κ3) is 3.79. The molecule has 1 aromatic carbocycles. The summed E-state index contributed by atoms with van der Waals surface area (Å²) in [4.78, 5) is 12.7. The van der Waals surface area contributed by atoms with Gasteiger partial charge in [-0.1, -0.05) is 17.7 Å². The fraction of sp³-hybridized carbons (Fsp3) is 0.500. The summed E-state index contributed by atoms with van der Waals surface area (Å²) in [7, 11) is 0. The van der Waals surface area contributed by atoms with Crippen LogP contribution in [0.1, 0.15) is 0 Å². The molecular formula is C12H16ClN3O3. The van der Waals surface area contributed by atoms with Crippen molar-refractivity contribution in [3.8, 4) is 0 Å². The molecular weight excluding hydrogens is 270 g/mol. The number of hydrogen-bond acceptors (Lipinski definition) is 5. The van der Waals surface area contributed by atoms with Crippen LogP contribution in [0.25, 0.3) is 0 Å². The number of rotatable bonds is 5. The van der Waals surface area contributed by atoms with Gasteiger partial charge in [0.25, 0.3) is 5.69 Å². The molecule has 0 amide bonds. The average Bonchev–Trinajstić information content (AvgIpc) is 2.41. The van der Waals surface area contributed by atoms with Gasteiger partial charge in [-0.25, -0.2) is 0 Å². The van der Waals surface area contributed by atoms with Crippen LogP contribution in [0.5, 0.6) is 0 Å². The molecule has 0 aromatic heterocycles. The Bertz CT molecular complexity index is 450. The van der Waals surface area contributed by atoms with Crippen molar-refractivity contribution in [3.63, 3.8) is 0 Å². The molecule has 19 heavy (non-hydrogen) atoms. The summed E-state index contributed by atoms with van der Waals surface area (Å²) in [5, 5.41) is 14.3. The van der Waals surface area contributed by atoms with E-state index in [0.29, 0.717) is 17.3 Å². The zero-order valence-corrected chi connectivity index (χ0v) is 11.2. The Kier molecular flexibility index (Phi) is 4.95. The van der Waals surface area contributed by atoms with Gasteiger partial charge in [0.1, 0.15) is 5.69 Å². The molecule has 1 N–H and O–H groups in total. The molecule has 0 bridgehead atoms. The van der Waals surface area contributed by atoms with Crippen LogP contribution < -0.4 is 5.32 Å². The van der Waals surface area contributed by atoms with Crippen LogP contribution >= 0.6 is 11.6 Å². The lowest BCUT2D eigenvalue weighted by Crippen LogP contribution is -2.39. The van der Waals surface area contributed by atoms with Gasteiger partial charge in [-0.05, 0) is 6.07 Å². The number of nitrogens with one attached hydrogen (secondary N) is 1. The molecule has 0 atom stereocenters. The average molecular weight is 286 g/mol. The van der Waals surface area contributed by atoms with Crippen molar-refractivity contribution in [2.75, 3.05) is 44.7 Å². The molecule has 1 aliphatic rings. The van der Waals surface area contributed by atoms with Crippen LogP contribution in [-0.2, 0) is 4.74 Å². The van der Waals surface area contributed by atoms with Crippen molar-refractivity contribution in [1.82, 2.24) is 4.90 Å². The van der Waals surface area contributed by atoms with E-state index in [4.69, 9.17) is 16.3 Å². The molecule has 0 radical (unpaired) electrons. The smallest absolute Gasteiger partial charge is 0.293 e. The lowest BCUT2D eigenvalue weighted by molar-refractivity contribution is -0.383. The summed E-state index contributed by atoms with van der Waals surface area (Å²) in [6.45, 7) is 4.70. The number of nitro groups is 1. The summed E-state index contributed by atoms with van der Waals surface area (Å²) < 4.78 is 5.26. The molecule has 1 aromatic rings. The van der Waals surface area contributed by atoms with Crippen molar-refractivity contribution in [2.45, 2.75) is 0 Å². The summed E-state index contributed by atoms with van der Waals surface area (Å²) >= 11 is 5.99. The molecule has 0 saturated carbocycles. The van der Waals surface area contributed by atoms with E-state index in [1.54, 1.807) is 12.1 Å². The van der Waals surface area contributed by atoms with Gasteiger partial charge in [-0.15, -0.1) is 0 Å². The highest BCUT2D eigenvalue weighted by atomic mass is 35.5. The van der Waals surface area contributed by atoms with E-state index in [1.807, 2.05) is 0 Å². The lowest BCUT2D eigenvalue weighted by Gasteiger charge is -2.26. The van der Waals surface area contributed by atoms with Gasteiger partial charge in [0, 0.05) is 32.2 Å². The van der Waals surface area contributed by atoms with E-state index in [2.05, 4.69) is 10.2 Å². The second-order valence-electron chi connectivity index (χ2n) is 4.27. The highest BCUT2D eigenvalue weighted by Gasteiger charge is 2.16. The second kappa shape index (κ2) is 6.70. The van der Waals surface area contributed by atoms with E-state index in [-0.39, 0.29) is 5.69 Å². The summed E-state index contributed by atoms with van der Waals surface area (Å²) in [5.74, 6) is 0. The molecule has 1 fully saturated rings. The minimum Gasteiger partial charge on any atom is -0.379 e. The second-order valence-corrected chi connectivity index (χ2v) is 4.68. The molecule has 1 saturated heterocycles. The minimum atomic E-state index is -0.428. The number of anilines is 1. The highest BCUT2D eigenvalue weighted by molar-refractivity contribution is 6.33. The predicted octanol–water partition coefficient (Wildman–Crippen LogP) is 1.99. The monoisotopic (exact) mass is 285 g/mol.